The Morgan fingerprint density at radius 2 is 1.81 bits per heavy atom. The molecule has 5 heteroatoms. The van der Waals surface area contributed by atoms with Crippen LogP contribution in [0.3, 0.4) is 0 Å². The fourth-order valence-electron chi connectivity index (χ4n) is 1.81. The van der Waals surface area contributed by atoms with Gasteiger partial charge in [0.1, 0.15) is 6.61 Å². The maximum absolute atomic E-state index is 11.7. The summed E-state index contributed by atoms with van der Waals surface area (Å²) in [5.41, 5.74) is 1.25. The van der Waals surface area contributed by atoms with Crippen LogP contribution in [0.2, 0.25) is 5.02 Å². The summed E-state index contributed by atoms with van der Waals surface area (Å²) in [7, 11) is 2.81. The third-order valence-electron chi connectivity index (χ3n) is 2.90. The highest BCUT2D eigenvalue weighted by molar-refractivity contribution is 6.33. The van der Waals surface area contributed by atoms with E-state index in [1.807, 2.05) is 30.3 Å². The van der Waals surface area contributed by atoms with Crippen LogP contribution in [0.1, 0.15) is 15.9 Å². The standard InChI is InChI=1S/C16H15ClO4/c1-19-14-9-13(17)12(16(18)20-2)8-15(14)21-10-11-6-4-3-5-7-11/h3-9H,10H2,1-2H3. The molecule has 2 aromatic carbocycles. The van der Waals surface area contributed by atoms with Crippen molar-refractivity contribution in [3.8, 4) is 11.5 Å². The molecule has 2 aromatic rings. The first-order chi connectivity index (χ1) is 10.2. The van der Waals surface area contributed by atoms with Gasteiger partial charge in [0.15, 0.2) is 11.5 Å². The average Bonchev–Trinajstić information content (AvgIpc) is 2.53. The quantitative estimate of drug-likeness (QED) is 0.790. The molecule has 0 aliphatic rings. The number of halogens is 1. The molecule has 0 radical (unpaired) electrons. The number of benzene rings is 2. The smallest absolute Gasteiger partial charge is 0.339 e. The van der Waals surface area contributed by atoms with Gasteiger partial charge in [0.05, 0.1) is 24.8 Å². The molecule has 0 atom stereocenters. The van der Waals surface area contributed by atoms with Gasteiger partial charge in [0.25, 0.3) is 0 Å². The van der Waals surface area contributed by atoms with Gasteiger partial charge < -0.3 is 14.2 Å². The first kappa shape index (κ1) is 15.2. The molecular formula is C16H15ClO4. The minimum atomic E-state index is -0.521. The molecule has 0 N–H and O–H groups in total. The van der Waals surface area contributed by atoms with E-state index in [-0.39, 0.29) is 10.6 Å². The topological polar surface area (TPSA) is 44.8 Å². The monoisotopic (exact) mass is 306 g/mol. The minimum absolute atomic E-state index is 0.239. The van der Waals surface area contributed by atoms with Crippen molar-refractivity contribution >= 4 is 17.6 Å². The summed E-state index contributed by atoms with van der Waals surface area (Å²) in [4.78, 5) is 11.7. The van der Waals surface area contributed by atoms with Crippen LogP contribution in [0, 0.1) is 0 Å². The van der Waals surface area contributed by atoms with Gasteiger partial charge in [-0.3, -0.25) is 0 Å². The van der Waals surface area contributed by atoms with Crippen molar-refractivity contribution in [2.45, 2.75) is 6.61 Å². The van der Waals surface area contributed by atoms with Gasteiger partial charge in [-0.25, -0.2) is 4.79 Å². The van der Waals surface area contributed by atoms with E-state index in [1.54, 1.807) is 0 Å². The Labute approximate surface area is 128 Å². The zero-order chi connectivity index (χ0) is 15.2. The van der Waals surface area contributed by atoms with Gasteiger partial charge in [-0.05, 0) is 5.56 Å². The predicted octanol–water partition coefficient (Wildman–Crippen LogP) is 3.71. The minimum Gasteiger partial charge on any atom is -0.493 e. The van der Waals surface area contributed by atoms with E-state index in [0.717, 1.165) is 5.56 Å². The van der Waals surface area contributed by atoms with E-state index < -0.39 is 5.97 Å². The molecule has 110 valence electrons. The van der Waals surface area contributed by atoms with Crippen molar-refractivity contribution in [3.05, 3.63) is 58.6 Å². The summed E-state index contributed by atoms with van der Waals surface area (Å²) < 4.78 is 15.6. The van der Waals surface area contributed by atoms with Crippen LogP contribution in [0.5, 0.6) is 11.5 Å². The average molecular weight is 307 g/mol. The van der Waals surface area contributed by atoms with Crippen LogP contribution in [0.15, 0.2) is 42.5 Å². The fourth-order valence-corrected chi connectivity index (χ4v) is 2.04. The molecule has 4 nitrogen and oxygen atoms in total. The van der Waals surface area contributed by atoms with E-state index in [4.69, 9.17) is 21.1 Å². The molecule has 0 aliphatic carbocycles. The van der Waals surface area contributed by atoms with E-state index in [2.05, 4.69) is 4.74 Å². The van der Waals surface area contributed by atoms with Crippen LogP contribution in [-0.4, -0.2) is 20.2 Å². The Balaban J connectivity index is 2.26. The summed E-state index contributed by atoms with van der Waals surface area (Å²) in [6, 6.07) is 12.7. The molecule has 21 heavy (non-hydrogen) atoms. The van der Waals surface area contributed by atoms with Crippen LogP contribution >= 0.6 is 11.6 Å². The SMILES string of the molecule is COC(=O)c1cc(OCc2ccccc2)c(OC)cc1Cl. The first-order valence-electron chi connectivity index (χ1n) is 6.28. The number of hydrogen-bond acceptors (Lipinski definition) is 4. The number of hydrogen-bond donors (Lipinski definition) is 0. The van der Waals surface area contributed by atoms with Gasteiger partial charge in [-0.1, -0.05) is 41.9 Å². The highest BCUT2D eigenvalue weighted by Gasteiger charge is 2.16. The molecule has 0 aliphatic heterocycles. The molecule has 0 unspecified atom stereocenters. The third-order valence-corrected chi connectivity index (χ3v) is 3.21. The summed E-state index contributed by atoms with van der Waals surface area (Å²) in [5.74, 6) is 0.377. The van der Waals surface area contributed by atoms with Gasteiger partial charge in [0, 0.05) is 12.1 Å². The maximum Gasteiger partial charge on any atom is 0.339 e. The summed E-state index contributed by atoms with van der Waals surface area (Å²) in [5, 5.41) is 0.255. The van der Waals surface area contributed by atoms with Gasteiger partial charge in [-0.2, -0.15) is 0 Å². The zero-order valence-corrected chi connectivity index (χ0v) is 12.5. The van der Waals surface area contributed by atoms with Crippen molar-refractivity contribution in [2.24, 2.45) is 0 Å². The molecule has 0 bridgehead atoms. The molecule has 0 fully saturated rings. The summed E-state index contributed by atoms with van der Waals surface area (Å²) >= 11 is 6.03. The van der Waals surface area contributed by atoms with Crippen molar-refractivity contribution in [1.29, 1.82) is 0 Å². The lowest BCUT2D eigenvalue weighted by Crippen LogP contribution is -2.04. The Morgan fingerprint density at radius 3 is 2.43 bits per heavy atom. The highest BCUT2D eigenvalue weighted by Crippen LogP contribution is 2.34. The second kappa shape index (κ2) is 6.99. The Morgan fingerprint density at radius 1 is 1.10 bits per heavy atom. The number of carbonyl (C=O) groups excluding carboxylic acids is 1. The lowest BCUT2D eigenvalue weighted by molar-refractivity contribution is 0.0600. The van der Waals surface area contributed by atoms with Crippen molar-refractivity contribution < 1.29 is 19.0 Å². The number of rotatable bonds is 5. The Bertz CT molecular complexity index is 626. The lowest BCUT2D eigenvalue weighted by atomic mass is 10.2. The van der Waals surface area contributed by atoms with E-state index in [9.17, 15) is 4.79 Å². The number of esters is 1. The van der Waals surface area contributed by atoms with Crippen LogP contribution in [-0.2, 0) is 11.3 Å². The van der Waals surface area contributed by atoms with Crippen molar-refractivity contribution in [1.82, 2.24) is 0 Å². The Kier molecular flexibility index (Phi) is 5.06. The van der Waals surface area contributed by atoms with Crippen LogP contribution in [0.25, 0.3) is 0 Å². The highest BCUT2D eigenvalue weighted by atomic mass is 35.5. The summed E-state index contributed by atoms with van der Waals surface area (Å²) in [6.07, 6.45) is 0. The Hall–Kier alpha value is -2.20. The normalized spacial score (nSPS) is 10.0. The second-order valence-corrected chi connectivity index (χ2v) is 4.66. The largest absolute Gasteiger partial charge is 0.493 e. The van der Waals surface area contributed by atoms with E-state index in [1.165, 1.54) is 26.4 Å². The van der Waals surface area contributed by atoms with Gasteiger partial charge in [0.2, 0.25) is 0 Å². The molecule has 0 amide bonds. The van der Waals surface area contributed by atoms with E-state index in [0.29, 0.717) is 18.1 Å². The van der Waals surface area contributed by atoms with Crippen molar-refractivity contribution in [3.63, 3.8) is 0 Å². The zero-order valence-electron chi connectivity index (χ0n) is 11.8. The fraction of sp³-hybridized carbons (Fsp3) is 0.188. The predicted molar refractivity (Wildman–Crippen MR) is 80.1 cm³/mol. The number of ether oxygens (including phenoxy) is 3. The molecule has 0 aromatic heterocycles. The molecule has 0 heterocycles. The van der Waals surface area contributed by atoms with Gasteiger partial charge in [-0.15, -0.1) is 0 Å². The van der Waals surface area contributed by atoms with E-state index >= 15 is 0 Å². The van der Waals surface area contributed by atoms with Crippen molar-refractivity contribution in [2.75, 3.05) is 14.2 Å². The molecule has 0 spiro atoms. The second-order valence-electron chi connectivity index (χ2n) is 4.25. The molecule has 0 saturated carbocycles. The van der Waals surface area contributed by atoms with Crippen LogP contribution in [0.4, 0.5) is 0 Å². The van der Waals surface area contributed by atoms with Crippen LogP contribution < -0.4 is 9.47 Å². The molecule has 2 rings (SSSR count). The lowest BCUT2D eigenvalue weighted by Gasteiger charge is -2.13. The number of methoxy groups -OCH3 is 2. The first-order valence-corrected chi connectivity index (χ1v) is 6.66. The van der Waals surface area contributed by atoms with Gasteiger partial charge >= 0.3 is 5.97 Å². The molecule has 0 saturated heterocycles. The number of carbonyl (C=O) groups is 1. The third kappa shape index (κ3) is 3.67. The summed E-state index contributed by atoms with van der Waals surface area (Å²) in [6.45, 7) is 0.361. The molecular weight excluding hydrogens is 292 g/mol. The maximum atomic E-state index is 11.7.